The summed E-state index contributed by atoms with van der Waals surface area (Å²) in [6.07, 6.45) is -4.72. The highest BCUT2D eigenvalue weighted by molar-refractivity contribution is 7.61. The normalized spacial score (nSPS) is 26.7. The van der Waals surface area contributed by atoms with E-state index in [9.17, 15) is 24.1 Å². The molecule has 0 aromatic carbocycles. The van der Waals surface area contributed by atoms with Gasteiger partial charge in [0.15, 0.2) is 6.23 Å². The Hall–Kier alpha value is -1.22. The summed E-state index contributed by atoms with van der Waals surface area (Å²) in [4.78, 5) is 33.5. The van der Waals surface area contributed by atoms with Crippen molar-refractivity contribution >= 4 is 21.5 Å². The Morgan fingerprint density at radius 2 is 1.87 bits per heavy atom. The second-order valence-electron chi connectivity index (χ2n) is 7.75. The van der Waals surface area contributed by atoms with Crippen LogP contribution in [0.3, 0.4) is 0 Å². The third kappa shape index (κ3) is 7.70. The monoisotopic (exact) mass is 489 g/mol. The van der Waals surface area contributed by atoms with Crippen LogP contribution in [0.15, 0.2) is 17.1 Å². The number of nitrogens with zero attached hydrogens (tertiary/aromatic N) is 3. The van der Waals surface area contributed by atoms with E-state index in [4.69, 9.17) is 29.3 Å². The van der Waals surface area contributed by atoms with Gasteiger partial charge in [0.05, 0.1) is 27.7 Å². The zero-order chi connectivity index (χ0) is 23.6. The van der Waals surface area contributed by atoms with Crippen molar-refractivity contribution in [3.63, 3.8) is 0 Å². The summed E-state index contributed by atoms with van der Waals surface area (Å²) in [5.41, 5.74) is 4.56. The van der Waals surface area contributed by atoms with E-state index >= 15 is 0 Å². The van der Waals surface area contributed by atoms with Gasteiger partial charge in [-0.15, -0.1) is 0 Å². The standard InChI is InChI=1S/C14H26N4O11P2/c1-18(2,3)6-7-26-31(25,29-30(22,23)24)27-8-9-11(19)12(20)13(28-9)17-5-4-10(15)16-14(17)21/h4-5,9,11-13,19-20H,6-8H2,1-3H3,(H3-,15,16,21,22,23,24)/p+1/t9-,11-,12-,13-,31-/m1/s1. The van der Waals surface area contributed by atoms with Gasteiger partial charge in [-0.3, -0.25) is 13.6 Å². The zero-order valence-corrected chi connectivity index (χ0v) is 18.8. The van der Waals surface area contributed by atoms with Crippen molar-refractivity contribution in [3.05, 3.63) is 22.7 Å². The van der Waals surface area contributed by atoms with E-state index < -0.39 is 52.5 Å². The fourth-order valence-electron chi connectivity index (χ4n) is 2.52. The topological polar surface area (TPSA) is 213 Å². The summed E-state index contributed by atoms with van der Waals surface area (Å²) < 4.78 is 44.6. The minimum Gasteiger partial charge on any atom is -0.387 e. The lowest BCUT2D eigenvalue weighted by Gasteiger charge is -2.25. The Labute approximate surface area is 177 Å². The maximum Gasteiger partial charge on any atom is 0.484 e. The second-order valence-corrected chi connectivity index (χ2v) is 10.8. The summed E-state index contributed by atoms with van der Waals surface area (Å²) in [6, 6.07) is 1.28. The smallest absolute Gasteiger partial charge is 0.387 e. The number of phosphoric ester groups is 1. The Morgan fingerprint density at radius 1 is 1.23 bits per heavy atom. The minimum atomic E-state index is -5.26. The number of aromatic nitrogens is 2. The number of hydrogen-bond acceptors (Lipinski definition) is 11. The molecule has 178 valence electrons. The van der Waals surface area contributed by atoms with Gasteiger partial charge >= 0.3 is 21.3 Å². The molecule has 17 heteroatoms. The molecule has 0 radical (unpaired) electrons. The van der Waals surface area contributed by atoms with Crippen molar-refractivity contribution in [1.29, 1.82) is 0 Å². The third-order valence-electron chi connectivity index (χ3n) is 4.08. The molecule has 6 N–H and O–H groups in total. The third-order valence-corrected chi connectivity index (χ3v) is 6.69. The molecular weight excluding hydrogens is 462 g/mol. The lowest BCUT2D eigenvalue weighted by atomic mass is 10.1. The van der Waals surface area contributed by atoms with Crippen LogP contribution in [0.4, 0.5) is 5.82 Å². The van der Waals surface area contributed by atoms with Crippen LogP contribution in [0.1, 0.15) is 6.23 Å². The Morgan fingerprint density at radius 3 is 2.42 bits per heavy atom. The molecule has 31 heavy (non-hydrogen) atoms. The molecule has 2 rings (SSSR count). The van der Waals surface area contributed by atoms with Gasteiger partial charge in [0.25, 0.3) is 0 Å². The van der Waals surface area contributed by atoms with Crippen LogP contribution in [-0.4, -0.2) is 93.2 Å². The molecule has 5 atom stereocenters. The van der Waals surface area contributed by atoms with Gasteiger partial charge in [-0.1, -0.05) is 0 Å². The van der Waals surface area contributed by atoms with Crippen molar-refractivity contribution in [2.75, 3.05) is 46.6 Å². The molecule has 1 aromatic rings. The number of phosphoric acid groups is 2. The fourth-order valence-corrected chi connectivity index (χ4v) is 4.65. The molecule has 1 aliphatic heterocycles. The predicted molar refractivity (Wildman–Crippen MR) is 104 cm³/mol. The molecule has 0 spiro atoms. The summed E-state index contributed by atoms with van der Waals surface area (Å²) in [7, 11) is -4.63. The van der Waals surface area contributed by atoms with Gasteiger partial charge in [0.1, 0.15) is 37.3 Å². The van der Waals surface area contributed by atoms with Crippen molar-refractivity contribution in [1.82, 2.24) is 9.55 Å². The van der Waals surface area contributed by atoms with Gasteiger partial charge in [-0.25, -0.2) is 13.9 Å². The first-order valence-electron chi connectivity index (χ1n) is 8.93. The highest BCUT2D eigenvalue weighted by atomic mass is 31.3. The van der Waals surface area contributed by atoms with Crippen LogP contribution in [0.2, 0.25) is 0 Å². The first-order valence-corrected chi connectivity index (χ1v) is 11.9. The number of anilines is 1. The molecule has 1 saturated heterocycles. The Balaban J connectivity index is 2.10. The number of likely N-dealkylation sites (N-methyl/N-ethyl adjacent to an activating group) is 1. The quantitative estimate of drug-likeness (QED) is 0.185. The van der Waals surface area contributed by atoms with E-state index in [1.54, 1.807) is 21.1 Å². The highest BCUT2D eigenvalue weighted by Gasteiger charge is 2.46. The van der Waals surface area contributed by atoms with Crippen molar-refractivity contribution in [2.24, 2.45) is 0 Å². The first kappa shape index (κ1) is 26.0. The molecule has 1 aromatic heterocycles. The van der Waals surface area contributed by atoms with Crippen LogP contribution in [-0.2, 0) is 27.2 Å². The summed E-state index contributed by atoms with van der Waals surface area (Å²) in [6.45, 7) is -0.672. The van der Waals surface area contributed by atoms with E-state index in [1.807, 2.05) is 0 Å². The van der Waals surface area contributed by atoms with Gasteiger partial charge in [0, 0.05) is 6.20 Å². The maximum atomic E-state index is 12.7. The molecule has 0 aliphatic carbocycles. The molecule has 0 saturated carbocycles. The largest absolute Gasteiger partial charge is 0.484 e. The van der Waals surface area contributed by atoms with Crippen LogP contribution >= 0.6 is 15.6 Å². The Bertz CT molecular complexity index is 914. The summed E-state index contributed by atoms with van der Waals surface area (Å²) in [5.74, 6) is -0.0595. The first-order chi connectivity index (χ1) is 14.1. The van der Waals surface area contributed by atoms with Crippen LogP contribution in [0, 0.1) is 0 Å². The van der Waals surface area contributed by atoms with Gasteiger partial charge in [-0.05, 0) is 6.07 Å². The lowest BCUT2D eigenvalue weighted by Crippen LogP contribution is -2.37. The van der Waals surface area contributed by atoms with E-state index in [0.29, 0.717) is 11.0 Å². The van der Waals surface area contributed by atoms with E-state index in [2.05, 4.69) is 9.29 Å². The molecule has 0 unspecified atom stereocenters. The summed E-state index contributed by atoms with van der Waals surface area (Å²) in [5, 5.41) is 20.4. The predicted octanol–water partition coefficient (Wildman–Crippen LogP) is -1.60. The average Bonchev–Trinajstić information content (AvgIpc) is 2.86. The molecule has 1 aliphatic rings. The number of ether oxygens (including phenoxy) is 1. The molecular formula is C14H27N4O11P2+. The molecule has 2 heterocycles. The van der Waals surface area contributed by atoms with Gasteiger partial charge < -0.3 is 35.0 Å². The number of rotatable bonds is 10. The Kier molecular flexibility index (Phi) is 8.17. The van der Waals surface area contributed by atoms with Crippen molar-refractivity contribution in [2.45, 2.75) is 24.5 Å². The van der Waals surface area contributed by atoms with Crippen LogP contribution in [0.5, 0.6) is 0 Å². The second kappa shape index (κ2) is 9.73. The van der Waals surface area contributed by atoms with Crippen LogP contribution in [0.25, 0.3) is 0 Å². The number of aliphatic hydroxyl groups excluding tert-OH is 2. The van der Waals surface area contributed by atoms with Gasteiger partial charge in [-0.2, -0.15) is 9.29 Å². The SMILES string of the molecule is C[N+](C)(C)CCO[P@](=O)(OC[C@H]1O[C@@H](n2ccc(N)nc2=O)[C@H](O)[C@@H]1O)OP(=O)(O)O. The molecule has 0 bridgehead atoms. The number of nitrogens with two attached hydrogens (primary N) is 1. The van der Waals surface area contributed by atoms with E-state index in [0.717, 1.165) is 4.57 Å². The molecule has 1 fully saturated rings. The highest BCUT2D eigenvalue weighted by Crippen LogP contribution is 2.61. The van der Waals surface area contributed by atoms with Crippen LogP contribution < -0.4 is 11.4 Å². The number of nitrogen functional groups attached to an aromatic ring is 1. The number of quaternary nitrogens is 1. The summed E-state index contributed by atoms with van der Waals surface area (Å²) >= 11 is 0. The van der Waals surface area contributed by atoms with Crippen molar-refractivity contribution < 1.29 is 51.7 Å². The number of aliphatic hydroxyl groups is 2. The number of hydrogen-bond donors (Lipinski definition) is 5. The molecule has 15 nitrogen and oxygen atoms in total. The fraction of sp³-hybridized carbons (Fsp3) is 0.714. The van der Waals surface area contributed by atoms with Crippen molar-refractivity contribution in [3.8, 4) is 0 Å². The minimum absolute atomic E-state index is 0.0595. The molecule has 0 amide bonds. The van der Waals surface area contributed by atoms with E-state index in [1.165, 1.54) is 12.3 Å². The zero-order valence-electron chi connectivity index (χ0n) is 17.0. The van der Waals surface area contributed by atoms with Gasteiger partial charge in [0.2, 0.25) is 0 Å². The lowest BCUT2D eigenvalue weighted by molar-refractivity contribution is -0.870. The van der Waals surface area contributed by atoms with E-state index in [-0.39, 0.29) is 12.4 Å². The maximum absolute atomic E-state index is 12.7. The average molecular weight is 489 g/mol.